The zero-order valence-corrected chi connectivity index (χ0v) is 79.6. The molecule has 0 bridgehead atoms. The predicted molar refractivity (Wildman–Crippen MR) is 466 cm³/mol. The van der Waals surface area contributed by atoms with Crippen molar-refractivity contribution < 1.29 is 50.8 Å². The molecule has 596 valence electrons. The largest absolute Gasteiger partial charge is 0.469 e. The Labute approximate surface area is 657 Å². The van der Waals surface area contributed by atoms with E-state index in [4.69, 9.17) is 26.9 Å². The van der Waals surface area contributed by atoms with Gasteiger partial charge < -0.3 is 31.6 Å². The Balaban J connectivity index is 0.00000142. The van der Waals surface area contributed by atoms with Crippen molar-refractivity contribution in [1.82, 2.24) is 0 Å². The third-order valence-corrected chi connectivity index (χ3v) is 46.4. The Morgan fingerprint density at radius 2 is 1.01 bits per heavy atom. The maximum Gasteiger partial charge on any atom is 0.305 e. The number of halogens is 1. The van der Waals surface area contributed by atoms with Crippen LogP contribution < -0.4 is 0 Å². The summed E-state index contributed by atoms with van der Waals surface area (Å²) < 4.78 is 44.4. The molecule has 1 heterocycles. The number of carbonyl (C=O) groups excluding carboxylic acids is 4. The van der Waals surface area contributed by atoms with Gasteiger partial charge in [-0.3, -0.25) is 19.2 Å². The SMILES string of the molecule is CCCC(CC/C=C/[C@H]1C(O[Si](C)(C)C(C)(C)C)CC(=O)[C@@H]1C/C=C\CCCC(=O)OC)O[Si](C)(C)C(C)(C)C.CCCCCC(/C=C/Cc1cccs1)O[Si](C)(C)C(C)(C)C.CCCCCC(/C=C/I)O[Si](C)(C)C(C)(C)C.COC(=O)CCC/C=C\CC1=CC(O[Si](C)(C)C(C)(C)C)CC1=O. The van der Waals surface area contributed by atoms with Crippen molar-refractivity contribution in [1.29, 1.82) is 0 Å². The molecule has 0 amide bonds. The van der Waals surface area contributed by atoms with E-state index in [0.29, 0.717) is 49.0 Å². The number of allylic oxidation sites excluding steroid dienone is 7. The number of rotatable bonds is 40. The van der Waals surface area contributed by atoms with Crippen LogP contribution in [-0.2, 0) is 57.2 Å². The number of hydrogen-bond acceptors (Lipinski definition) is 12. The van der Waals surface area contributed by atoms with Crippen LogP contribution in [0.3, 0.4) is 0 Å². The standard InChI is InChI=1S/C33H62O5Si2.C19H32O4Si.C19H34OSSi.C14H29IOSi/c1-13-20-26(37-39(9,10)32(2,3)4)21-18-19-23-28-27(22-16-14-15-17-24-31(35)36-8)29(34)25-30(28)38-40(11,12)33(5,6)7;1-19(2,3)24(5,6)23-16-13-15(17(20)14-16)11-9-7-8-10-12-18(21)22-4;1-7-8-9-12-17(20-22(5,6)19(2,3)4)13-10-14-18-15-11-16-21-18;1-7-8-9-10-13(11-12-15)16-17(5,6)14(2,3)4/h14,16,19,23,26-28,30H,13,15,17-18,20-22,24-25H2,1-12H3;7,9,13,16H,8,10-12,14H2,1-6H3;10-11,13,15-17H,7-9,12,14H2,1-6H3;11-13H,7-10H2,1-6H3/b16-14-,23-19+;9-7-;13-10+;12-11+/t26?,27-,28-,30?;;;/m1.../s1. The Morgan fingerprint density at radius 1 is 0.534 bits per heavy atom. The van der Waals surface area contributed by atoms with Crippen molar-refractivity contribution in [3.63, 3.8) is 0 Å². The molecule has 103 heavy (non-hydrogen) atoms. The summed E-state index contributed by atoms with van der Waals surface area (Å²) >= 11 is 4.12. The lowest BCUT2D eigenvalue weighted by atomic mass is 9.90. The molecule has 0 aliphatic heterocycles. The number of methoxy groups -OCH3 is 2. The van der Waals surface area contributed by atoms with Gasteiger partial charge in [0.1, 0.15) is 5.78 Å². The number of hydrogen-bond donors (Lipinski definition) is 0. The maximum absolute atomic E-state index is 13.2. The minimum absolute atomic E-state index is 0.0576. The smallest absolute Gasteiger partial charge is 0.305 e. The molecule has 2 aliphatic carbocycles. The van der Waals surface area contributed by atoms with Crippen LogP contribution in [0.4, 0.5) is 0 Å². The van der Waals surface area contributed by atoms with Crippen molar-refractivity contribution in [2.75, 3.05) is 14.2 Å². The molecular formula is C85H157IO11SSi5. The highest BCUT2D eigenvalue weighted by atomic mass is 127. The van der Waals surface area contributed by atoms with Crippen LogP contribution >= 0.6 is 33.9 Å². The Morgan fingerprint density at radius 3 is 1.46 bits per heavy atom. The first-order valence-corrected chi connectivity index (χ1v) is 56.3. The van der Waals surface area contributed by atoms with Crippen LogP contribution in [0.1, 0.15) is 271 Å². The van der Waals surface area contributed by atoms with E-state index in [2.05, 4.69) is 282 Å². The van der Waals surface area contributed by atoms with Crippen molar-refractivity contribution in [3.05, 3.63) is 92.8 Å². The molecule has 18 heteroatoms. The summed E-state index contributed by atoms with van der Waals surface area (Å²) in [5.74, 6) is 0.180. The number of ketones is 2. The van der Waals surface area contributed by atoms with Gasteiger partial charge in [-0.1, -0.05) is 253 Å². The zero-order chi connectivity index (χ0) is 79.3. The third kappa shape index (κ3) is 40.5. The molecule has 11 nitrogen and oxygen atoms in total. The summed E-state index contributed by atoms with van der Waals surface area (Å²) in [6.07, 6.45) is 44.0. The molecule has 1 aromatic heterocycles. The number of Topliss-reactive ketones (excluding diaryl/α,β-unsaturated/α-hetero) is 2. The van der Waals surface area contributed by atoms with Gasteiger partial charge in [0.05, 0.1) is 38.6 Å². The normalized spacial score (nSPS) is 18.7. The molecule has 2 aliphatic rings. The van der Waals surface area contributed by atoms with Crippen LogP contribution in [0, 0.1) is 11.8 Å². The van der Waals surface area contributed by atoms with Gasteiger partial charge >= 0.3 is 11.9 Å². The van der Waals surface area contributed by atoms with Crippen LogP contribution in [-0.4, -0.2) is 110 Å². The Hall–Kier alpha value is -1.97. The second-order valence-corrected chi connectivity index (χ2v) is 62.0. The summed E-state index contributed by atoms with van der Waals surface area (Å²) in [6, 6.07) is 4.33. The molecule has 0 saturated heterocycles. The highest BCUT2D eigenvalue weighted by molar-refractivity contribution is 14.1. The van der Waals surface area contributed by atoms with Crippen LogP contribution in [0.5, 0.6) is 0 Å². The molecular weight excluding hydrogens is 1500 g/mol. The van der Waals surface area contributed by atoms with E-state index in [-0.39, 0.29) is 74.1 Å². The topological polar surface area (TPSA) is 133 Å². The van der Waals surface area contributed by atoms with Crippen molar-refractivity contribution >= 4 is 99.0 Å². The summed E-state index contributed by atoms with van der Waals surface area (Å²) in [7, 11) is -6.18. The summed E-state index contributed by atoms with van der Waals surface area (Å²) in [5.41, 5.74) is 0.850. The van der Waals surface area contributed by atoms with Crippen LogP contribution in [0.15, 0.2) is 87.9 Å². The lowest BCUT2D eigenvalue weighted by Gasteiger charge is -2.39. The van der Waals surface area contributed by atoms with Gasteiger partial charge in [0, 0.05) is 48.5 Å². The molecule has 0 radical (unpaired) electrons. The van der Waals surface area contributed by atoms with Gasteiger partial charge in [0.15, 0.2) is 47.4 Å². The zero-order valence-electron chi connectivity index (χ0n) is 71.7. The van der Waals surface area contributed by atoms with Gasteiger partial charge in [-0.05, 0) is 195 Å². The fourth-order valence-electron chi connectivity index (χ4n) is 10.6. The lowest BCUT2D eigenvalue weighted by molar-refractivity contribution is -0.141. The van der Waals surface area contributed by atoms with Crippen LogP contribution in [0.25, 0.3) is 0 Å². The molecule has 7 atom stereocenters. The monoisotopic (exact) mass is 1650 g/mol. The molecule has 1 saturated carbocycles. The number of carbonyl (C=O) groups is 4. The van der Waals surface area contributed by atoms with Gasteiger partial charge in [-0.2, -0.15) is 0 Å². The first-order valence-electron chi connectivity index (χ1n) is 39.6. The summed E-state index contributed by atoms with van der Waals surface area (Å²) in [4.78, 5) is 49.2. The van der Waals surface area contributed by atoms with Crippen molar-refractivity contribution in [2.45, 2.75) is 393 Å². The van der Waals surface area contributed by atoms with E-state index in [9.17, 15) is 19.2 Å². The molecule has 3 rings (SSSR count). The molecule has 5 unspecified atom stereocenters. The molecule has 0 spiro atoms. The first-order chi connectivity index (χ1) is 47.4. The number of esters is 2. The first kappa shape index (κ1) is 101. The Bertz CT molecular complexity index is 2730. The molecule has 1 aromatic rings. The highest BCUT2D eigenvalue weighted by Crippen LogP contribution is 2.45. The lowest BCUT2D eigenvalue weighted by Crippen LogP contribution is -2.45. The van der Waals surface area contributed by atoms with Gasteiger partial charge in [-0.15, -0.1) is 11.3 Å². The summed E-state index contributed by atoms with van der Waals surface area (Å²) in [5, 5.41) is 3.16. The van der Waals surface area contributed by atoms with E-state index < -0.39 is 41.6 Å². The average molecular weight is 1650 g/mol. The molecule has 1 fully saturated rings. The second-order valence-electron chi connectivity index (χ2n) is 36.5. The Kier molecular flexibility index (Phi) is 47.7. The van der Waals surface area contributed by atoms with E-state index >= 15 is 0 Å². The number of thiophene rings is 1. The molecule has 0 N–H and O–H groups in total. The van der Waals surface area contributed by atoms with Gasteiger partial charge in [0.25, 0.3) is 0 Å². The van der Waals surface area contributed by atoms with E-state index in [1.54, 1.807) is 0 Å². The quantitative estimate of drug-likeness (QED) is 0.0204. The van der Waals surface area contributed by atoms with Crippen molar-refractivity contribution in [2.24, 2.45) is 11.8 Å². The van der Waals surface area contributed by atoms with Crippen LogP contribution in [0.2, 0.25) is 90.7 Å². The van der Waals surface area contributed by atoms with E-state index in [0.717, 1.165) is 76.2 Å². The third-order valence-electron chi connectivity index (χ3n) is 22.5. The van der Waals surface area contributed by atoms with E-state index in [1.807, 2.05) is 29.6 Å². The number of unbranched alkanes of at least 4 members (excludes halogenated alkanes) is 6. The molecule has 0 aromatic carbocycles. The fraction of sp³-hybridized carbons (Fsp3) is 0.765. The number of ether oxygens (including phenoxy) is 2. The van der Waals surface area contributed by atoms with E-state index in [1.165, 1.54) is 64.0 Å². The predicted octanol–water partition coefficient (Wildman–Crippen LogP) is 26.7. The fourth-order valence-corrected chi connectivity index (χ4v) is 18.3. The van der Waals surface area contributed by atoms with Crippen molar-refractivity contribution in [3.8, 4) is 0 Å². The minimum atomic E-state index is -2.02. The highest BCUT2D eigenvalue weighted by Gasteiger charge is 2.48. The maximum atomic E-state index is 13.2. The van der Waals surface area contributed by atoms with Gasteiger partial charge in [0.2, 0.25) is 0 Å². The van der Waals surface area contributed by atoms with Gasteiger partial charge in [-0.25, -0.2) is 0 Å². The average Bonchev–Trinajstić information content (AvgIpc) is 1.75. The second kappa shape index (κ2) is 48.6. The minimum Gasteiger partial charge on any atom is -0.469 e. The summed E-state index contributed by atoms with van der Waals surface area (Å²) in [6.45, 7) is 63.9.